The van der Waals surface area contributed by atoms with Crippen LogP contribution in [-0.4, -0.2) is 62.4 Å². The van der Waals surface area contributed by atoms with Gasteiger partial charge in [-0.1, -0.05) is 24.6 Å². The Bertz CT molecular complexity index is 388. The largest absolute Gasteiger partial charge is 0.353 e. The lowest BCUT2D eigenvalue weighted by Crippen LogP contribution is -2.41. The van der Waals surface area contributed by atoms with E-state index in [1.54, 1.807) is 19.0 Å². The topological polar surface area (TPSA) is 47.9 Å². The van der Waals surface area contributed by atoms with Gasteiger partial charge in [0.25, 0.3) is 0 Å². The molecule has 5 heteroatoms. The molecule has 0 saturated carbocycles. The Balaban J connectivity index is 4.48. The zero-order chi connectivity index (χ0) is 17.0. The Hall–Kier alpha value is -1.78. The van der Waals surface area contributed by atoms with E-state index in [0.29, 0.717) is 6.54 Å². The Morgan fingerprint density at radius 3 is 2.45 bits per heavy atom. The third-order valence-corrected chi connectivity index (χ3v) is 3.17. The van der Waals surface area contributed by atoms with E-state index in [-0.39, 0.29) is 12.5 Å². The lowest BCUT2D eigenvalue weighted by atomic mass is 10.2. The first-order chi connectivity index (χ1) is 10.4. The van der Waals surface area contributed by atoms with Crippen molar-refractivity contribution in [3.8, 4) is 0 Å². The average Bonchev–Trinajstić information content (AvgIpc) is 2.46. The summed E-state index contributed by atoms with van der Waals surface area (Å²) in [6, 6.07) is 0. The van der Waals surface area contributed by atoms with Crippen LogP contribution in [0.1, 0.15) is 32.6 Å². The maximum atomic E-state index is 11.7. The number of nitrogens with zero attached hydrogens (tertiary/aromatic N) is 3. The van der Waals surface area contributed by atoms with Gasteiger partial charge in [0.05, 0.1) is 0 Å². The number of hydrogen-bond donors (Lipinski definition) is 1. The number of guanidine groups is 1. The molecule has 1 amide bonds. The molecule has 0 fully saturated rings. The van der Waals surface area contributed by atoms with E-state index in [9.17, 15) is 4.79 Å². The van der Waals surface area contributed by atoms with Gasteiger partial charge >= 0.3 is 0 Å². The quantitative estimate of drug-likeness (QED) is 0.291. The van der Waals surface area contributed by atoms with E-state index >= 15 is 0 Å². The Morgan fingerprint density at radius 2 is 1.91 bits per heavy atom. The highest BCUT2D eigenvalue weighted by molar-refractivity contribution is 5.84. The summed E-state index contributed by atoms with van der Waals surface area (Å²) in [5.41, 5.74) is 1.03. The van der Waals surface area contributed by atoms with Crippen LogP contribution in [0.15, 0.2) is 29.8 Å². The van der Waals surface area contributed by atoms with Crippen LogP contribution >= 0.6 is 0 Å². The second kappa shape index (κ2) is 11.8. The van der Waals surface area contributed by atoms with Crippen molar-refractivity contribution in [2.24, 2.45) is 4.99 Å². The minimum absolute atomic E-state index is 0.00555. The summed E-state index contributed by atoms with van der Waals surface area (Å²) in [4.78, 5) is 19.7. The monoisotopic (exact) mass is 308 g/mol. The zero-order valence-electron chi connectivity index (χ0n) is 14.7. The molecule has 0 aliphatic carbocycles. The lowest BCUT2D eigenvalue weighted by molar-refractivity contribution is -0.127. The second-order valence-electron chi connectivity index (χ2n) is 5.80. The van der Waals surface area contributed by atoms with Crippen LogP contribution in [0.3, 0.4) is 0 Å². The van der Waals surface area contributed by atoms with E-state index in [4.69, 9.17) is 0 Å². The number of hydrogen-bond acceptors (Lipinski definition) is 2. The fourth-order valence-corrected chi connectivity index (χ4v) is 1.75. The predicted molar refractivity (Wildman–Crippen MR) is 95.1 cm³/mol. The van der Waals surface area contributed by atoms with Crippen LogP contribution in [0.4, 0.5) is 0 Å². The molecule has 0 rings (SSSR count). The molecule has 0 saturated heterocycles. The summed E-state index contributed by atoms with van der Waals surface area (Å²) >= 11 is 0. The number of carbonyl (C=O) groups excluding carboxylic acids is 1. The lowest BCUT2D eigenvalue weighted by Gasteiger charge is -2.23. The molecule has 0 bridgehead atoms. The zero-order valence-corrected chi connectivity index (χ0v) is 14.7. The van der Waals surface area contributed by atoms with Crippen molar-refractivity contribution in [2.45, 2.75) is 32.6 Å². The van der Waals surface area contributed by atoms with Gasteiger partial charge in [-0.05, 0) is 26.2 Å². The van der Waals surface area contributed by atoms with E-state index in [1.807, 2.05) is 20.0 Å². The number of likely N-dealkylation sites (N-methyl/N-ethyl adjacent to an activating group) is 1. The highest BCUT2D eigenvalue weighted by atomic mass is 16.2. The number of aliphatic imine (C=N–C) groups is 1. The number of carbonyl (C=O) groups is 1. The maximum absolute atomic E-state index is 11.7. The van der Waals surface area contributed by atoms with E-state index in [0.717, 1.165) is 30.9 Å². The first-order valence-corrected chi connectivity index (χ1v) is 7.83. The Morgan fingerprint density at radius 1 is 1.23 bits per heavy atom. The third kappa shape index (κ3) is 10.0. The smallest absolute Gasteiger partial charge is 0.243 e. The number of unbranched alkanes of at least 4 members (excludes halogenated alkanes) is 3. The molecule has 0 aromatic rings. The summed E-state index contributed by atoms with van der Waals surface area (Å²) in [6.07, 6.45) is 6.45. The molecule has 0 aromatic heterocycles. The molecular weight excluding hydrogens is 276 g/mol. The van der Waals surface area contributed by atoms with Crippen molar-refractivity contribution in [1.29, 1.82) is 0 Å². The van der Waals surface area contributed by atoms with Crippen LogP contribution in [0.5, 0.6) is 0 Å². The molecular formula is C17H32N4O. The SMILES string of the molecule is C=CCCCCCN(C)C(=NCC(=O)N(C)C)NCC(=C)C. The molecule has 0 radical (unpaired) electrons. The van der Waals surface area contributed by atoms with Gasteiger partial charge in [0.15, 0.2) is 5.96 Å². The van der Waals surface area contributed by atoms with Crippen molar-refractivity contribution in [3.63, 3.8) is 0 Å². The van der Waals surface area contributed by atoms with Gasteiger partial charge < -0.3 is 15.1 Å². The van der Waals surface area contributed by atoms with Gasteiger partial charge in [-0.3, -0.25) is 4.79 Å². The Kier molecular flexibility index (Phi) is 10.9. The summed E-state index contributed by atoms with van der Waals surface area (Å²) in [5.74, 6) is 0.746. The van der Waals surface area contributed by atoms with Gasteiger partial charge in [-0.2, -0.15) is 0 Å². The number of amides is 1. The van der Waals surface area contributed by atoms with E-state index in [2.05, 4.69) is 28.4 Å². The Labute approximate surface area is 135 Å². The van der Waals surface area contributed by atoms with Gasteiger partial charge in [-0.15, -0.1) is 6.58 Å². The molecule has 1 N–H and O–H groups in total. The molecule has 126 valence electrons. The standard InChI is InChI=1S/C17H32N4O/c1-7-8-9-10-11-12-21(6)17(18-13-15(2)3)19-14-16(22)20(4)5/h7H,1-2,8-14H2,3-6H3,(H,18,19). The number of rotatable bonds is 10. The highest BCUT2D eigenvalue weighted by Gasteiger charge is 2.08. The predicted octanol–water partition coefficient (Wildman–Crippen LogP) is 2.27. The van der Waals surface area contributed by atoms with Crippen molar-refractivity contribution >= 4 is 11.9 Å². The van der Waals surface area contributed by atoms with E-state index in [1.165, 1.54) is 12.8 Å². The number of nitrogens with one attached hydrogen (secondary N) is 1. The summed E-state index contributed by atoms with van der Waals surface area (Å²) < 4.78 is 0. The fourth-order valence-electron chi connectivity index (χ4n) is 1.75. The third-order valence-electron chi connectivity index (χ3n) is 3.17. The number of allylic oxidation sites excluding steroid dienone is 1. The van der Waals surface area contributed by atoms with Gasteiger partial charge in [0.1, 0.15) is 6.54 Å². The van der Waals surface area contributed by atoms with Crippen LogP contribution in [0.2, 0.25) is 0 Å². The van der Waals surface area contributed by atoms with Crippen LogP contribution < -0.4 is 5.32 Å². The van der Waals surface area contributed by atoms with Crippen molar-refractivity contribution < 1.29 is 4.79 Å². The van der Waals surface area contributed by atoms with Crippen molar-refractivity contribution in [2.75, 3.05) is 40.8 Å². The summed E-state index contributed by atoms with van der Waals surface area (Å²) in [5, 5.41) is 3.25. The maximum Gasteiger partial charge on any atom is 0.243 e. The van der Waals surface area contributed by atoms with Crippen LogP contribution in [0.25, 0.3) is 0 Å². The molecule has 0 aliphatic rings. The minimum Gasteiger partial charge on any atom is -0.353 e. The minimum atomic E-state index is -0.00555. The van der Waals surface area contributed by atoms with Gasteiger partial charge in [0.2, 0.25) is 5.91 Å². The van der Waals surface area contributed by atoms with Crippen molar-refractivity contribution in [1.82, 2.24) is 15.1 Å². The molecule has 22 heavy (non-hydrogen) atoms. The van der Waals surface area contributed by atoms with E-state index < -0.39 is 0 Å². The summed E-state index contributed by atoms with van der Waals surface area (Å²) in [6.45, 7) is 11.3. The molecule has 5 nitrogen and oxygen atoms in total. The molecule has 0 aromatic carbocycles. The summed E-state index contributed by atoms with van der Waals surface area (Å²) in [7, 11) is 5.47. The first kappa shape index (κ1) is 20.2. The molecule has 0 heterocycles. The highest BCUT2D eigenvalue weighted by Crippen LogP contribution is 2.02. The molecule has 0 unspecified atom stereocenters. The molecule has 0 aliphatic heterocycles. The first-order valence-electron chi connectivity index (χ1n) is 7.83. The van der Waals surface area contributed by atoms with Crippen LogP contribution in [-0.2, 0) is 4.79 Å². The molecule has 0 atom stereocenters. The normalized spacial score (nSPS) is 11.0. The average molecular weight is 308 g/mol. The van der Waals surface area contributed by atoms with Crippen LogP contribution in [0, 0.1) is 0 Å². The molecule has 0 spiro atoms. The second-order valence-corrected chi connectivity index (χ2v) is 5.80. The fraction of sp³-hybridized carbons (Fsp3) is 0.647. The van der Waals surface area contributed by atoms with Gasteiger partial charge in [0, 0.05) is 34.2 Å². The van der Waals surface area contributed by atoms with Gasteiger partial charge in [-0.25, -0.2) is 4.99 Å². The van der Waals surface area contributed by atoms with Crippen molar-refractivity contribution in [3.05, 3.63) is 24.8 Å².